The van der Waals surface area contributed by atoms with Gasteiger partial charge in [-0.25, -0.2) is 9.78 Å². The molecule has 0 saturated heterocycles. The summed E-state index contributed by atoms with van der Waals surface area (Å²) in [4.78, 5) is 15.6. The molecule has 0 bridgehead atoms. The van der Waals surface area contributed by atoms with Gasteiger partial charge in [0.1, 0.15) is 5.75 Å². The van der Waals surface area contributed by atoms with Crippen molar-refractivity contribution in [2.24, 2.45) is 0 Å². The maximum absolute atomic E-state index is 11.1. The number of carboxylic acid groups (broad SMARTS) is 1. The van der Waals surface area contributed by atoms with Crippen molar-refractivity contribution in [1.29, 1.82) is 0 Å². The number of nitrogens with zero attached hydrogens (tertiary/aromatic N) is 1. The van der Waals surface area contributed by atoms with Crippen LogP contribution in [-0.2, 0) is 6.42 Å². The summed E-state index contributed by atoms with van der Waals surface area (Å²) in [5.74, 6) is 0.365. The number of carboxylic acids is 1. The molecule has 0 radical (unpaired) electrons. The molecule has 0 unspecified atom stereocenters. The van der Waals surface area contributed by atoms with Crippen LogP contribution in [0.3, 0.4) is 0 Å². The van der Waals surface area contributed by atoms with Crippen LogP contribution in [-0.4, -0.2) is 29.8 Å². The highest BCUT2D eigenvalue weighted by Crippen LogP contribution is 2.21. The molecule has 1 heterocycles. The molecule has 3 rings (SSSR count). The number of methoxy groups -OCH3 is 1. The molecule has 5 nitrogen and oxygen atoms in total. The minimum absolute atomic E-state index is 0.230. The van der Waals surface area contributed by atoms with Crippen molar-refractivity contribution in [2.75, 3.05) is 13.7 Å². The summed E-state index contributed by atoms with van der Waals surface area (Å²) in [6.45, 7) is 0.485. The SMILES string of the molecule is COc1cccc(CCOc2cccc(-c3cccc(C(=O)O)c3)n2)c1. The smallest absolute Gasteiger partial charge is 0.335 e. The molecule has 0 aliphatic carbocycles. The molecule has 1 N–H and O–H groups in total. The van der Waals surface area contributed by atoms with Crippen LogP contribution in [0.4, 0.5) is 0 Å². The average molecular weight is 349 g/mol. The number of carbonyl (C=O) groups is 1. The highest BCUT2D eigenvalue weighted by molar-refractivity contribution is 5.89. The van der Waals surface area contributed by atoms with E-state index in [1.165, 1.54) is 0 Å². The lowest BCUT2D eigenvalue weighted by Crippen LogP contribution is -2.03. The molecular formula is C21H19NO4. The third kappa shape index (κ3) is 4.39. The van der Waals surface area contributed by atoms with Gasteiger partial charge in [-0.1, -0.05) is 30.3 Å². The van der Waals surface area contributed by atoms with E-state index in [9.17, 15) is 4.79 Å². The van der Waals surface area contributed by atoms with Crippen LogP contribution in [0.15, 0.2) is 66.7 Å². The van der Waals surface area contributed by atoms with E-state index in [1.54, 1.807) is 31.4 Å². The molecule has 5 heteroatoms. The predicted molar refractivity (Wildman–Crippen MR) is 98.8 cm³/mol. The van der Waals surface area contributed by atoms with E-state index >= 15 is 0 Å². The first-order chi connectivity index (χ1) is 12.7. The van der Waals surface area contributed by atoms with Crippen LogP contribution >= 0.6 is 0 Å². The van der Waals surface area contributed by atoms with E-state index < -0.39 is 5.97 Å². The number of hydrogen-bond donors (Lipinski definition) is 1. The molecule has 0 amide bonds. The van der Waals surface area contributed by atoms with Gasteiger partial charge in [-0.2, -0.15) is 0 Å². The number of pyridine rings is 1. The van der Waals surface area contributed by atoms with E-state index in [-0.39, 0.29) is 5.56 Å². The third-order valence-corrected chi connectivity index (χ3v) is 3.90. The van der Waals surface area contributed by atoms with Gasteiger partial charge in [-0.15, -0.1) is 0 Å². The molecule has 0 fully saturated rings. The minimum Gasteiger partial charge on any atom is -0.497 e. The number of aromatic carboxylic acids is 1. The fourth-order valence-corrected chi connectivity index (χ4v) is 2.57. The topological polar surface area (TPSA) is 68.7 Å². The molecule has 0 atom stereocenters. The van der Waals surface area contributed by atoms with Crippen LogP contribution in [0.25, 0.3) is 11.3 Å². The van der Waals surface area contributed by atoms with Gasteiger partial charge in [0.15, 0.2) is 0 Å². The lowest BCUT2D eigenvalue weighted by molar-refractivity contribution is 0.0697. The molecule has 26 heavy (non-hydrogen) atoms. The molecular weight excluding hydrogens is 330 g/mol. The van der Waals surface area contributed by atoms with Gasteiger partial charge in [0.05, 0.1) is 25.0 Å². The normalized spacial score (nSPS) is 10.3. The number of aromatic nitrogens is 1. The molecule has 0 aliphatic heterocycles. The number of hydrogen-bond acceptors (Lipinski definition) is 4. The van der Waals surface area contributed by atoms with Gasteiger partial charge in [0.2, 0.25) is 5.88 Å². The Kier molecular flexibility index (Phi) is 5.49. The fourth-order valence-electron chi connectivity index (χ4n) is 2.57. The maximum Gasteiger partial charge on any atom is 0.335 e. The first kappa shape index (κ1) is 17.5. The summed E-state index contributed by atoms with van der Waals surface area (Å²) in [5.41, 5.74) is 2.76. The molecule has 132 valence electrons. The Hall–Kier alpha value is -3.34. The summed E-state index contributed by atoms with van der Waals surface area (Å²) >= 11 is 0. The first-order valence-corrected chi connectivity index (χ1v) is 8.22. The van der Waals surface area contributed by atoms with Gasteiger partial charge < -0.3 is 14.6 Å². The van der Waals surface area contributed by atoms with Crippen LogP contribution < -0.4 is 9.47 Å². The lowest BCUT2D eigenvalue weighted by Gasteiger charge is -2.08. The standard InChI is InChI=1S/C21H19NO4/c1-25-18-8-2-5-15(13-18)11-12-26-20-10-4-9-19(22-20)16-6-3-7-17(14-16)21(23)24/h2-10,13-14H,11-12H2,1H3,(H,23,24). The largest absolute Gasteiger partial charge is 0.497 e. The average Bonchev–Trinajstić information content (AvgIpc) is 2.68. The zero-order valence-corrected chi connectivity index (χ0v) is 14.4. The zero-order chi connectivity index (χ0) is 18.4. The second kappa shape index (κ2) is 8.16. The molecule has 2 aromatic carbocycles. The second-order valence-electron chi connectivity index (χ2n) is 5.70. The van der Waals surface area contributed by atoms with E-state index in [1.807, 2.05) is 42.5 Å². The van der Waals surface area contributed by atoms with Crippen molar-refractivity contribution in [1.82, 2.24) is 4.98 Å². The fraction of sp³-hybridized carbons (Fsp3) is 0.143. The number of benzene rings is 2. The Bertz CT molecular complexity index is 908. The van der Waals surface area contributed by atoms with Crippen molar-refractivity contribution in [3.05, 3.63) is 77.9 Å². The Morgan fingerprint density at radius 2 is 1.85 bits per heavy atom. The molecule has 1 aromatic heterocycles. The predicted octanol–water partition coefficient (Wildman–Crippen LogP) is 4.08. The van der Waals surface area contributed by atoms with Crippen LogP contribution in [0.1, 0.15) is 15.9 Å². The zero-order valence-electron chi connectivity index (χ0n) is 14.4. The highest BCUT2D eigenvalue weighted by Gasteiger charge is 2.07. The monoisotopic (exact) mass is 349 g/mol. The summed E-state index contributed by atoms with van der Waals surface area (Å²) in [5, 5.41) is 9.12. The van der Waals surface area contributed by atoms with Gasteiger partial charge in [-0.05, 0) is 35.9 Å². The van der Waals surface area contributed by atoms with Gasteiger partial charge >= 0.3 is 5.97 Å². The summed E-state index contributed by atoms with van der Waals surface area (Å²) in [6.07, 6.45) is 0.734. The number of rotatable bonds is 7. The molecule has 3 aromatic rings. The molecule has 0 saturated carbocycles. The van der Waals surface area contributed by atoms with Gasteiger partial charge in [0.25, 0.3) is 0 Å². The maximum atomic E-state index is 11.1. The Labute approximate surface area is 151 Å². The molecule has 0 aliphatic rings. The Morgan fingerprint density at radius 1 is 1.04 bits per heavy atom. The van der Waals surface area contributed by atoms with E-state index in [0.717, 1.165) is 23.3 Å². The van der Waals surface area contributed by atoms with E-state index in [2.05, 4.69) is 4.98 Å². The van der Waals surface area contributed by atoms with E-state index in [0.29, 0.717) is 18.2 Å². The van der Waals surface area contributed by atoms with Crippen molar-refractivity contribution < 1.29 is 19.4 Å². The second-order valence-corrected chi connectivity index (χ2v) is 5.70. The van der Waals surface area contributed by atoms with Crippen molar-refractivity contribution in [3.63, 3.8) is 0 Å². The van der Waals surface area contributed by atoms with Crippen LogP contribution in [0.5, 0.6) is 11.6 Å². The quantitative estimate of drug-likeness (QED) is 0.696. The third-order valence-electron chi connectivity index (χ3n) is 3.90. The lowest BCUT2D eigenvalue weighted by atomic mass is 10.1. The Morgan fingerprint density at radius 3 is 2.65 bits per heavy atom. The molecule has 0 spiro atoms. The van der Waals surface area contributed by atoms with Crippen LogP contribution in [0, 0.1) is 0 Å². The van der Waals surface area contributed by atoms with Crippen molar-refractivity contribution in [3.8, 4) is 22.9 Å². The number of ether oxygens (including phenoxy) is 2. The van der Waals surface area contributed by atoms with Gasteiger partial charge in [-0.3, -0.25) is 0 Å². The minimum atomic E-state index is -0.961. The Balaban J connectivity index is 1.67. The van der Waals surface area contributed by atoms with Crippen molar-refractivity contribution in [2.45, 2.75) is 6.42 Å². The van der Waals surface area contributed by atoms with Crippen LogP contribution in [0.2, 0.25) is 0 Å². The van der Waals surface area contributed by atoms with Gasteiger partial charge in [0, 0.05) is 18.1 Å². The summed E-state index contributed by atoms with van der Waals surface area (Å²) < 4.78 is 11.0. The summed E-state index contributed by atoms with van der Waals surface area (Å²) in [6, 6.07) is 20.0. The summed E-state index contributed by atoms with van der Waals surface area (Å²) in [7, 11) is 1.64. The van der Waals surface area contributed by atoms with E-state index in [4.69, 9.17) is 14.6 Å². The van der Waals surface area contributed by atoms with Crippen molar-refractivity contribution >= 4 is 5.97 Å². The first-order valence-electron chi connectivity index (χ1n) is 8.22. The highest BCUT2D eigenvalue weighted by atomic mass is 16.5.